The lowest BCUT2D eigenvalue weighted by Gasteiger charge is -2.18. The zero-order chi connectivity index (χ0) is 21.1. The summed E-state index contributed by atoms with van der Waals surface area (Å²) in [5.41, 5.74) is 1.37. The Bertz CT molecular complexity index is 1180. The van der Waals surface area contributed by atoms with Crippen LogP contribution in [0.2, 0.25) is 5.02 Å². The van der Waals surface area contributed by atoms with Gasteiger partial charge in [0, 0.05) is 10.6 Å². The molecule has 0 bridgehead atoms. The van der Waals surface area contributed by atoms with Gasteiger partial charge in [0.25, 0.3) is 15.9 Å². The molecule has 3 aromatic rings. The zero-order valence-corrected chi connectivity index (χ0v) is 18.1. The number of benzene rings is 3. The predicted molar refractivity (Wildman–Crippen MR) is 120 cm³/mol. The molecule has 0 saturated carbocycles. The van der Waals surface area contributed by atoms with E-state index in [1.54, 1.807) is 30.3 Å². The molecular weight excluding hydrogens is 440 g/mol. The van der Waals surface area contributed by atoms with E-state index in [1.165, 1.54) is 40.3 Å². The summed E-state index contributed by atoms with van der Waals surface area (Å²) in [5.74, 6) is -0.483. The molecule has 0 radical (unpaired) electrons. The van der Waals surface area contributed by atoms with Crippen molar-refractivity contribution in [2.75, 3.05) is 6.54 Å². The highest BCUT2D eigenvalue weighted by molar-refractivity contribution is 8.15. The largest absolute Gasteiger partial charge is 0.279 e. The summed E-state index contributed by atoms with van der Waals surface area (Å²) in [5, 5.41) is 0.434. The first kappa shape index (κ1) is 20.7. The average Bonchev–Trinajstić information content (AvgIpc) is 3.20. The highest BCUT2D eigenvalue weighted by Crippen LogP contribution is 2.41. The van der Waals surface area contributed by atoms with Gasteiger partial charge in [-0.25, -0.2) is 12.7 Å². The molecule has 8 heteroatoms. The van der Waals surface area contributed by atoms with Gasteiger partial charge < -0.3 is 0 Å². The van der Waals surface area contributed by atoms with Crippen molar-refractivity contribution in [1.29, 1.82) is 0 Å². The summed E-state index contributed by atoms with van der Waals surface area (Å²) in [6.07, 6.45) is 0. The third kappa shape index (κ3) is 4.28. The van der Waals surface area contributed by atoms with E-state index in [4.69, 9.17) is 11.6 Å². The van der Waals surface area contributed by atoms with Crippen molar-refractivity contribution in [3.63, 3.8) is 0 Å². The minimum absolute atomic E-state index is 0.0982. The first-order chi connectivity index (χ1) is 14.4. The van der Waals surface area contributed by atoms with Gasteiger partial charge in [-0.2, -0.15) is 4.99 Å². The van der Waals surface area contributed by atoms with Gasteiger partial charge in [0.05, 0.1) is 16.7 Å². The second kappa shape index (κ2) is 8.63. The van der Waals surface area contributed by atoms with Crippen LogP contribution in [0, 0.1) is 0 Å². The van der Waals surface area contributed by atoms with Crippen molar-refractivity contribution in [3.8, 4) is 0 Å². The number of sulfonamides is 1. The van der Waals surface area contributed by atoms with Gasteiger partial charge in [-0.3, -0.25) is 4.79 Å². The second-order valence-electron chi connectivity index (χ2n) is 6.57. The Labute approximate surface area is 184 Å². The van der Waals surface area contributed by atoms with Crippen LogP contribution in [-0.4, -0.2) is 30.3 Å². The van der Waals surface area contributed by atoms with Crippen LogP contribution in [0.5, 0.6) is 0 Å². The average molecular weight is 457 g/mol. The molecule has 1 aliphatic heterocycles. The maximum atomic E-state index is 13.3. The number of amides is 1. The number of hydrogen-bond acceptors (Lipinski definition) is 4. The van der Waals surface area contributed by atoms with Crippen LogP contribution in [0.1, 0.15) is 21.2 Å². The van der Waals surface area contributed by atoms with Gasteiger partial charge in [0.1, 0.15) is 0 Å². The molecule has 0 N–H and O–H groups in total. The van der Waals surface area contributed by atoms with Gasteiger partial charge in [0.2, 0.25) is 0 Å². The minimum Gasteiger partial charge on any atom is -0.267 e. The van der Waals surface area contributed by atoms with Gasteiger partial charge in [0.15, 0.2) is 5.17 Å². The van der Waals surface area contributed by atoms with Crippen LogP contribution in [-0.2, 0) is 10.0 Å². The van der Waals surface area contributed by atoms with Crippen molar-refractivity contribution >= 4 is 44.5 Å². The molecule has 0 unspecified atom stereocenters. The Hall–Kier alpha value is -2.61. The number of thioether (sulfide) groups is 1. The number of carbonyl (C=O) groups excluding carboxylic acids is 1. The molecule has 3 aromatic carbocycles. The quantitative estimate of drug-likeness (QED) is 0.553. The molecule has 1 amide bonds. The van der Waals surface area contributed by atoms with Crippen molar-refractivity contribution in [3.05, 3.63) is 101 Å². The monoisotopic (exact) mass is 456 g/mol. The van der Waals surface area contributed by atoms with E-state index >= 15 is 0 Å². The maximum absolute atomic E-state index is 13.3. The van der Waals surface area contributed by atoms with E-state index in [9.17, 15) is 13.2 Å². The molecule has 1 atom stereocenters. The predicted octanol–water partition coefficient (Wildman–Crippen LogP) is 5.02. The number of aliphatic imine (C=N–C) groups is 1. The number of amidine groups is 1. The lowest BCUT2D eigenvalue weighted by atomic mass is 10.1. The standard InChI is InChI=1S/C22H17ClN2O3S2/c23-18-11-13-19(14-12-18)30(27,28)25-15-20(16-7-3-1-4-8-16)29-22(25)24-21(26)17-9-5-2-6-10-17/h1-14,20H,15H2/t20-/m1/s1. The molecule has 1 aliphatic rings. The number of rotatable bonds is 4. The summed E-state index contributed by atoms with van der Waals surface area (Å²) in [6.45, 7) is 0.181. The SMILES string of the molecule is O=C(N=C1S[C@@H](c2ccccc2)CN1S(=O)(=O)c1ccc(Cl)cc1)c1ccccc1. The van der Waals surface area contributed by atoms with Gasteiger partial charge >= 0.3 is 0 Å². The fourth-order valence-electron chi connectivity index (χ4n) is 3.04. The third-order valence-electron chi connectivity index (χ3n) is 4.58. The fourth-order valence-corrected chi connectivity index (χ4v) is 6.11. The number of hydrogen-bond donors (Lipinski definition) is 0. The lowest BCUT2D eigenvalue weighted by molar-refractivity contribution is 0.100. The molecule has 0 aliphatic carbocycles. The van der Waals surface area contributed by atoms with Crippen LogP contribution in [0.15, 0.2) is 94.8 Å². The number of nitrogens with zero attached hydrogens (tertiary/aromatic N) is 2. The smallest absolute Gasteiger partial charge is 0.267 e. The van der Waals surface area contributed by atoms with E-state index in [0.29, 0.717) is 10.6 Å². The summed E-state index contributed by atoms with van der Waals surface area (Å²) >= 11 is 7.18. The van der Waals surface area contributed by atoms with Gasteiger partial charge in [-0.1, -0.05) is 71.9 Å². The molecular formula is C22H17ClN2O3S2. The summed E-state index contributed by atoms with van der Waals surface area (Å²) in [4.78, 5) is 16.9. The van der Waals surface area contributed by atoms with Crippen LogP contribution >= 0.6 is 23.4 Å². The molecule has 30 heavy (non-hydrogen) atoms. The molecule has 152 valence electrons. The van der Waals surface area contributed by atoms with Crippen LogP contribution in [0.3, 0.4) is 0 Å². The summed E-state index contributed by atoms with van der Waals surface area (Å²) in [6, 6.07) is 24.1. The Morgan fingerprint density at radius 3 is 2.17 bits per heavy atom. The number of carbonyl (C=O) groups is 1. The molecule has 1 heterocycles. The summed E-state index contributed by atoms with van der Waals surface area (Å²) < 4.78 is 27.9. The van der Waals surface area contributed by atoms with Crippen molar-refractivity contribution in [1.82, 2.24) is 4.31 Å². The van der Waals surface area contributed by atoms with Gasteiger partial charge in [-0.15, -0.1) is 0 Å². The van der Waals surface area contributed by atoms with Crippen LogP contribution in [0.25, 0.3) is 0 Å². The van der Waals surface area contributed by atoms with Crippen molar-refractivity contribution in [2.45, 2.75) is 10.1 Å². The van der Waals surface area contributed by atoms with Gasteiger partial charge in [-0.05, 0) is 42.0 Å². The normalized spacial score (nSPS) is 18.0. The second-order valence-corrected chi connectivity index (χ2v) is 10.0. The first-order valence-corrected chi connectivity index (χ1v) is 11.8. The third-order valence-corrected chi connectivity index (χ3v) is 7.95. The summed E-state index contributed by atoms with van der Waals surface area (Å²) in [7, 11) is -3.90. The minimum atomic E-state index is -3.90. The molecule has 5 nitrogen and oxygen atoms in total. The van der Waals surface area contributed by atoms with Crippen molar-refractivity contribution < 1.29 is 13.2 Å². The zero-order valence-electron chi connectivity index (χ0n) is 15.7. The van der Waals surface area contributed by atoms with E-state index in [0.717, 1.165) is 5.56 Å². The highest BCUT2D eigenvalue weighted by atomic mass is 35.5. The van der Waals surface area contributed by atoms with E-state index in [1.807, 2.05) is 30.3 Å². The van der Waals surface area contributed by atoms with Crippen LogP contribution < -0.4 is 0 Å². The Kier molecular flexibility index (Phi) is 5.94. The fraction of sp³-hybridized carbons (Fsp3) is 0.0909. The lowest BCUT2D eigenvalue weighted by Crippen LogP contribution is -2.32. The Balaban J connectivity index is 1.73. The number of halogens is 1. The molecule has 4 rings (SSSR count). The van der Waals surface area contributed by atoms with E-state index in [-0.39, 0.29) is 21.9 Å². The first-order valence-electron chi connectivity index (χ1n) is 9.13. The topological polar surface area (TPSA) is 66.8 Å². The molecule has 1 fully saturated rings. The maximum Gasteiger partial charge on any atom is 0.279 e. The van der Waals surface area contributed by atoms with Crippen LogP contribution in [0.4, 0.5) is 0 Å². The van der Waals surface area contributed by atoms with E-state index < -0.39 is 15.9 Å². The molecule has 1 saturated heterocycles. The van der Waals surface area contributed by atoms with E-state index in [2.05, 4.69) is 4.99 Å². The Morgan fingerprint density at radius 1 is 0.933 bits per heavy atom. The molecule has 0 aromatic heterocycles. The highest BCUT2D eigenvalue weighted by Gasteiger charge is 2.39. The molecule has 0 spiro atoms. The Morgan fingerprint density at radius 2 is 1.53 bits per heavy atom. The van der Waals surface area contributed by atoms with Crippen molar-refractivity contribution in [2.24, 2.45) is 4.99 Å².